The lowest BCUT2D eigenvalue weighted by Gasteiger charge is -2.19. The highest BCUT2D eigenvalue weighted by Crippen LogP contribution is 2.20. The summed E-state index contributed by atoms with van der Waals surface area (Å²) in [6.45, 7) is 14.0. The smallest absolute Gasteiger partial charge is 0.319 e. The minimum Gasteiger partial charge on any atom is -0.335 e. The Balaban J connectivity index is 2.73. The van der Waals surface area contributed by atoms with Crippen LogP contribution in [0.1, 0.15) is 47.1 Å². The monoisotopic (exact) mass is 348 g/mol. The Morgan fingerprint density at radius 1 is 0.800 bits per heavy atom. The van der Waals surface area contributed by atoms with Gasteiger partial charge < -0.3 is 21.3 Å². The molecule has 0 spiro atoms. The Bertz CT molecular complexity index is 599. The van der Waals surface area contributed by atoms with Crippen molar-refractivity contribution in [2.24, 2.45) is 11.8 Å². The van der Waals surface area contributed by atoms with E-state index in [9.17, 15) is 9.59 Å². The average Bonchev–Trinajstić information content (AvgIpc) is 2.50. The van der Waals surface area contributed by atoms with Crippen LogP contribution < -0.4 is 21.3 Å². The van der Waals surface area contributed by atoms with Crippen molar-refractivity contribution in [3.05, 3.63) is 23.8 Å². The van der Waals surface area contributed by atoms with Crippen LogP contribution in [0.4, 0.5) is 21.0 Å². The maximum atomic E-state index is 12.1. The number of carbonyl (C=O) groups is 2. The summed E-state index contributed by atoms with van der Waals surface area (Å²) in [7, 11) is 0. The summed E-state index contributed by atoms with van der Waals surface area (Å²) in [5.41, 5.74) is 2.23. The van der Waals surface area contributed by atoms with Crippen molar-refractivity contribution in [3.63, 3.8) is 0 Å². The van der Waals surface area contributed by atoms with E-state index in [0.717, 1.165) is 5.56 Å². The molecule has 6 nitrogen and oxygen atoms in total. The predicted molar refractivity (Wildman–Crippen MR) is 104 cm³/mol. The van der Waals surface area contributed by atoms with Crippen LogP contribution in [0.15, 0.2) is 18.2 Å². The third-order valence-electron chi connectivity index (χ3n) is 4.46. The Hall–Kier alpha value is -2.24. The van der Waals surface area contributed by atoms with E-state index in [-0.39, 0.29) is 24.1 Å². The van der Waals surface area contributed by atoms with Gasteiger partial charge in [0.2, 0.25) is 0 Å². The number of carbonyl (C=O) groups excluding carboxylic acids is 2. The molecule has 0 aliphatic heterocycles. The average molecular weight is 348 g/mol. The molecule has 4 amide bonds. The first-order chi connectivity index (χ1) is 11.6. The number of benzene rings is 1. The molecule has 2 atom stereocenters. The third-order valence-corrected chi connectivity index (χ3v) is 4.46. The maximum absolute atomic E-state index is 12.1. The molecule has 0 aliphatic rings. The second-order valence-electron chi connectivity index (χ2n) is 7.29. The van der Waals surface area contributed by atoms with Gasteiger partial charge in [0.1, 0.15) is 0 Å². The number of urea groups is 2. The fraction of sp³-hybridized carbons (Fsp3) is 0.579. The van der Waals surface area contributed by atoms with E-state index in [0.29, 0.717) is 23.2 Å². The fourth-order valence-corrected chi connectivity index (χ4v) is 1.91. The highest BCUT2D eigenvalue weighted by molar-refractivity contribution is 5.93. The van der Waals surface area contributed by atoms with Gasteiger partial charge in [0.15, 0.2) is 0 Å². The van der Waals surface area contributed by atoms with E-state index in [4.69, 9.17) is 0 Å². The molecule has 140 valence electrons. The minimum absolute atomic E-state index is 0.0740. The molecule has 0 saturated carbocycles. The fourth-order valence-electron chi connectivity index (χ4n) is 1.91. The van der Waals surface area contributed by atoms with E-state index in [1.807, 2.05) is 32.9 Å². The predicted octanol–water partition coefficient (Wildman–Crippen LogP) is 4.33. The molecule has 0 heterocycles. The summed E-state index contributed by atoms with van der Waals surface area (Å²) >= 11 is 0. The van der Waals surface area contributed by atoms with Crippen molar-refractivity contribution >= 4 is 23.4 Å². The van der Waals surface area contributed by atoms with Gasteiger partial charge in [-0.05, 0) is 50.3 Å². The lowest BCUT2D eigenvalue weighted by molar-refractivity contribution is 0.245. The first-order valence-electron chi connectivity index (χ1n) is 8.85. The van der Waals surface area contributed by atoms with Crippen LogP contribution in [-0.2, 0) is 0 Å². The van der Waals surface area contributed by atoms with Crippen molar-refractivity contribution < 1.29 is 9.59 Å². The molecule has 0 aliphatic carbocycles. The molecule has 0 aromatic heterocycles. The molecule has 25 heavy (non-hydrogen) atoms. The van der Waals surface area contributed by atoms with Crippen LogP contribution in [0.25, 0.3) is 0 Å². The Morgan fingerprint density at radius 3 is 1.76 bits per heavy atom. The number of aryl methyl sites for hydroxylation is 1. The number of rotatable bonds is 6. The van der Waals surface area contributed by atoms with Crippen molar-refractivity contribution in [2.75, 3.05) is 10.6 Å². The molecular weight excluding hydrogens is 316 g/mol. The van der Waals surface area contributed by atoms with Crippen LogP contribution in [-0.4, -0.2) is 24.1 Å². The third kappa shape index (κ3) is 7.03. The Morgan fingerprint density at radius 2 is 1.28 bits per heavy atom. The van der Waals surface area contributed by atoms with Crippen LogP contribution in [0.2, 0.25) is 0 Å². The molecule has 4 N–H and O–H groups in total. The second kappa shape index (κ2) is 9.30. The summed E-state index contributed by atoms with van der Waals surface area (Å²) in [6.07, 6.45) is 0. The van der Waals surface area contributed by atoms with Gasteiger partial charge in [-0.3, -0.25) is 0 Å². The Kier molecular flexibility index (Phi) is 7.74. The lowest BCUT2D eigenvalue weighted by atomic mass is 10.1. The van der Waals surface area contributed by atoms with E-state index in [1.165, 1.54) is 0 Å². The minimum atomic E-state index is -0.256. The SMILES string of the molecule is Cc1ccc(NC(=O)NC(C)C(C)C)cc1NC(=O)NC(C)C(C)C. The number of amides is 4. The molecule has 1 rings (SSSR count). The first-order valence-corrected chi connectivity index (χ1v) is 8.85. The number of hydrogen-bond acceptors (Lipinski definition) is 2. The van der Waals surface area contributed by atoms with Crippen LogP contribution >= 0.6 is 0 Å². The van der Waals surface area contributed by atoms with Crippen molar-refractivity contribution in [1.82, 2.24) is 10.6 Å². The van der Waals surface area contributed by atoms with Crippen LogP contribution in [0.5, 0.6) is 0 Å². The number of anilines is 2. The summed E-state index contributed by atoms with van der Waals surface area (Å²) in [6, 6.07) is 5.08. The van der Waals surface area contributed by atoms with Gasteiger partial charge in [-0.2, -0.15) is 0 Å². The number of nitrogens with one attached hydrogen (secondary N) is 4. The van der Waals surface area contributed by atoms with Crippen molar-refractivity contribution in [1.29, 1.82) is 0 Å². The largest absolute Gasteiger partial charge is 0.335 e. The van der Waals surface area contributed by atoms with E-state index in [1.54, 1.807) is 6.07 Å². The standard InChI is InChI=1S/C19H32N4O2/c1-11(2)14(6)20-18(24)22-16-9-8-13(5)17(10-16)23-19(25)21-15(7)12(3)4/h8-12,14-15H,1-7H3,(H2,20,22,24)(H2,21,23,25). The van der Waals surface area contributed by atoms with Crippen LogP contribution in [0.3, 0.4) is 0 Å². The van der Waals surface area contributed by atoms with E-state index >= 15 is 0 Å². The summed E-state index contributed by atoms with van der Waals surface area (Å²) in [5, 5.41) is 11.4. The highest BCUT2D eigenvalue weighted by atomic mass is 16.2. The van der Waals surface area contributed by atoms with Gasteiger partial charge in [0.05, 0.1) is 0 Å². The zero-order valence-electron chi connectivity index (χ0n) is 16.4. The quantitative estimate of drug-likeness (QED) is 0.617. The molecule has 0 bridgehead atoms. The number of hydrogen-bond donors (Lipinski definition) is 4. The van der Waals surface area contributed by atoms with Gasteiger partial charge in [-0.1, -0.05) is 33.8 Å². The summed E-state index contributed by atoms with van der Waals surface area (Å²) in [5.74, 6) is 0.708. The molecule has 1 aromatic carbocycles. The van der Waals surface area contributed by atoms with E-state index < -0.39 is 0 Å². The van der Waals surface area contributed by atoms with Gasteiger partial charge >= 0.3 is 12.1 Å². The summed E-state index contributed by atoms with van der Waals surface area (Å²) < 4.78 is 0. The van der Waals surface area contributed by atoms with Gasteiger partial charge in [0.25, 0.3) is 0 Å². The first kappa shape index (κ1) is 20.8. The topological polar surface area (TPSA) is 82.3 Å². The molecular formula is C19H32N4O2. The zero-order chi connectivity index (χ0) is 19.1. The molecule has 1 aromatic rings. The van der Waals surface area contributed by atoms with Gasteiger partial charge in [-0.25, -0.2) is 9.59 Å². The second-order valence-corrected chi connectivity index (χ2v) is 7.29. The maximum Gasteiger partial charge on any atom is 0.319 e. The van der Waals surface area contributed by atoms with Crippen molar-refractivity contribution in [3.8, 4) is 0 Å². The van der Waals surface area contributed by atoms with Gasteiger partial charge in [-0.15, -0.1) is 0 Å². The molecule has 0 saturated heterocycles. The molecule has 0 fully saturated rings. The normalized spacial score (nSPS) is 13.3. The summed E-state index contributed by atoms with van der Waals surface area (Å²) in [4.78, 5) is 24.2. The van der Waals surface area contributed by atoms with Crippen LogP contribution in [0, 0.1) is 18.8 Å². The molecule has 6 heteroatoms. The zero-order valence-corrected chi connectivity index (χ0v) is 16.4. The molecule has 0 radical (unpaired) electrons. The highest BCUT2D eigenvalue weighted by Gasteiger charge is 2.13. The Labute approximate surface area is 151 Å². The van der Waals surface area contributed by atoms with Crippen molar-refractivity contribution in [2.45, 2.75) is 60.5 Å². The molecule has 2 unspecified atom stereocenters. The van der Waals surface area contributed by atoms with Gasteiger partial charge in [0, 0.05) is 23.5 Å². The van der Waals surface area contributed by atoms with E-state index in [2.05, 4.69) is 49.0 Å². The lowest BCUT2D eigenvalue weighted by Crippen LogP contribution is -2.39.